The largest absolute Gasteiger partial charge is 0.328 e. The fourth-order valence-electron chi connectivity index (χ4n) is 2.69. The summed E-state index contributed by atoms with van der Waals surface area (Å²) in [5.41, 5.74) is 12.1. The molecule has 3 unspecified atom stereocenters. The van der Waals surface area contributed by atoms with Crippen LogP contribution in [-0.4, -0.2) is 11.6 Å². The Morgan fingerprint density at radius 1 is 1.30 bits per heavy atom. The maximum Gasteiger partial charge on any atom is 0.0171 e. The minimum atomic E-state index is 0.141. The van der Waals surface area contributed by atoms with Gasteiger partial charge in [-0.3, -0.25) is 0 Å². The zero-order valence-corrected chi connectivity index (χ0v) is 6.34. The highest BCUT2D eigenvalue weighted by atomic mass is 14.8. The summed E-state index contributed by atoms with van der Waals surface area (Å²) in [5, 5.41) is 0. The van der Waals surface area contributed by atoms with Gasteiger partial charge in [-0.25, -0.2) is 0 Å². The molecule has 3 atom stereocenters. The van der Waals surface area contributed by atoms with Crippen molar-refractivity contribution in [3.8, 4) is 0 Å². The molecule has 0 radical (unpaired) electrons. The molecule has 0 aromatic carbocycles. The first-order valence-electron chi connectivity index (χ1n) is 4.22. The zero-order valence-electron chi connectivity index (χ0n) is 6.34. The van der Waals surface area contributed by atoms with Gasteiger partial charge in [0.05, 0.1) is 0 Å². The smallest absolute Gasteiger partial charge is 0.0171 e. The van der Waals surface area contributed by atoms with Gasteiger partial charge in [0.15, 0.2) is 0 Å². The molecule has 2 fully saturated rings. The van der Waals surface area contributed by atoms with Crippen molar-refractivity contribution in [1.82, 2.24) is 0 Å². The fraction of sp³-hybridized carbons (Fsp3) is 1.00. The highest BCUT2D eigenvalue weighted by molar-refractivity contribution is 5.00. The molecule has 2 saturated carbocycles. The van der Waals surface area contributed by atoms with Crippen LogP contribution in [0, 0.1) is 5.92 Å². The van der Waals surface area contributed by atoms with Gasteiger partial charge in [0.1, 0.15) is 0 Å². The maximum absolute atomic E-state index is 6.11. The Morgan fingerprint density at radius 3 is 2.80 bits per heavy atom. The average molecular weight is 140 g/mol. The molecule has 0 aliphatic heterocycles. The van der Waals surface area contributed by atoms with Gasteiger partial charge in [-0.2, -0.15) is 0 Å². The van der Waals surface area contributed by atoms with E-state index in [1.165, 1.54) is 25.7 Å². The highest BCUT2D eigenvalue weighted by Gasteiger charge is 2.41. The lowest BCUT2D eigenvalue weighted by Crippen LogP contribution is -2.46. The van der Waals surface area contributed by atoms with Crippen LogP contribution in [0.5, 0.6) is 0 Å². The van der Waals surface area contributed by atoms with Crippen molar-refractivity contribution < 1.29 is 0 Å². The van der Waals surface area contributed by atoms with E-state index in [1.807, 2.05) is 0 Å². The van der Waals surface area contributed by atoms with Crippen LogP contribution in [0.4, 0.5) is 0 Å². The lowest BCUT2D eigenvalue weighted by atomic mass is 9.81. The lowest BCUT2D eigenvalue weighted by molar-refractivity contribution is 0.278. The van der Waals surface area contributed by atoms with Crippen LogP contribution in [0.15, 0.2) is 0 Å². The highest BCUT2D eigenvalue weighted by Crippen LogP contribution is 2.42. The molecule has 4 N–H and O–H groups in total. The Labute approximate surface area is 62.0 Å². The molecule has 2 aliphatic carbocycles. The fourth-order valence-corrected chi connectivity index (χ4v) is 2.69. The second-order valence-electron chi connectivity index (χ2n) is 4.17. The van der Waals surface area contributed by atoms with E-state index in [4.69, 9.17) is 11.5 Å². The van der Waals surface area contributed by atoms with Gasteiger partial charge < -0.3 is 11.5 Å². The van der Waals surface area contributed by atoms with Crippen LogP contribution in [0.25, 0.3) is 0 Å². The molecule has 0 spiro atoms. The Balaban J connectivity index is 2.13. The van der Waals surface area contributed by atoms with E-state index in [0.717, 1.165) is 12.3 Å². The number of hydrogen-bond acceptors (Lipinski definition) is 2. The molecule has 2 rings (SSSR count). The van der Waals surface area contributed by atoms with Gasteiger partial charge in [-0.05, 0) is 38.0 Å². The molecule has 0 saturated heterocycles. The van der Waals surface area contributed by atoms with Crippen LogP contribution in [0.2, 0.25) is 0 Å². The quantitative estimate of drug-likeness (QED) is 0.518. The molecule has 58 valence electrons. The minimum absolute atomic E-state index is 0.141. The van der Waals surface area contributed by atoms with Crippen molar-refractivity contribution >= 4 is 0 Å². The normalized spacial score (nSPS) is 53.4. The molecule has 0 amide bonds. The van der Waals surface area contributed by atoms with Gasteiger partial charge in [-0.15, -0.1) is 0 Å². The van der Waals surface area contributed by atoms with Gasteiger partial charge in [-0.1, -0.05) is 0 Å². The van der Waals surface area contributed by atoms with E-state index in [-0.39, 0.29) is 5.54 Å². The number of rotatable bonds is 0. The maximum atomic E-state index is 6.11. The Kier molecular flexibility index (Phi) is 1.29. The minimum Gasteiger partial charge on any atom is -0.328 e. The predicted molar refractivity (Wildman–Crippen MR) is 41.5 cm³/mol. The van der Waals surface area contributed by atoms with E-state index in [9.17, 15) is 0 Å². The molecule has 2 bridgehead atoms. The molecule has 0 heterocycles. The molecular weight excluding hydrogens is 124 g/mol. The third-order valence-corrected chi connectivity index (χ3v) is 3.05. The molecule has 10 heavy (non-hydrogen) atoms. The second kappa shape index (κ2) is 1.95. The van der Waals surface area contributed by atoms with Crippen molar-refractivity contribution in [3.05, 3.63) is 0 Å². The summed E-state index contributed by atoms with van der Waals surface area (Å²) in [6.45, 7) is 0. The second-order valence-corrected chi connectivity index (χ2v) is 4.17. The van der Waals surface area contributed by atoms with Gasteiger partial charge >= 0.3 is 0 Å². The van der Waals surface area contributed by atoms with Crippen molar-refractivity contribution in [2.75, 3.05) is 0 Å². The van der Waals surface area contributed by atoms with Crippen LogP contribution in [-0.2, 0) is 0 Å². The van der Waals surface area contributed by atoms with E-state index >= 15 is 0 Å². The first-order valence-corrected chi connectivity index (χ1v) is 4.22. The summed E-state index contributed by atoms with van der Waals surface area (Å²) >= 11 is 0. The predicted octanol–water partition coefficient (Wildman–Crippen LogP) is 0.605. The van der Waals surface area contributed by atoms with Crippen molar-refractivity contribution in [3.63, 3.8) is 0 Å². The van der Waals surface area contributed by atoms with E-state index < -0.39 is 0 Å². The third-order valence-electron chi connectivity index (χ3n) is 3.05. The van der Waals surface area contributed by atoms with Crippen molar-refractivity contribution in [2.24, 2.45) is 17.4 Å². The molecule has 2 aliphatic rings. The van der Waals surface area contributed by atoms with Crippen LogP contribution >= 0.6 is 0 Å². The Morgan fingerprint density at radius 2 is 2.10 bits per heavy atom. The first-order chi connectivity index (χ1) is 4.68. The summed E-state index contributed by atoms with van der Waals surface area (Å²) in [6, 6.07) is 0.395. The van der Waals surface area contributed by atoms with Gasteiger partial charge in [0.25, 0.3) is 0 Å². The van der Waals surface area contributed by atoms with Crippen LogP contribution in [0.1, 0.15) is 32.1 Å². The summed E-state index contributed by atoms with van der Waals surface area (Å²) in [6.07, 6.45) is 6.05. The average Bonchev–Trinajstić information content (AvgIpc) is 2.06. The molecule has 2 heteroatoms. The van der Waals surface area contributed by atoms with Gasteiger partial charge in [0.2, 0.25) is 0 Å². The number of fused-ring (bicyclic) bond motifs is 2. The van der Waals surface area contributed by atoms with Crippen molar-refractivity contribution in [1.29, 1.82) is 0 Å². The van der Waals surface area contributed by atoms with Crippen molar-refractivity contribution in [2.45, 2.75) is 43.7 Å². The summed E-state index contributed by atoms with van der Waals surface area (Å²) in [5.74, 6) is 0.855. The molecule has 0 aromatic heterocycles. The summed E-state index contributed by atoms with van der Waals surface area (Å²) in [7, 11) is 0. The molecule has 2 nitrogen and oxygen atoms in total. The lowest BCUT2D eigenvalue weighted by Gasteiger charge is -2.32. The standard InChI is InChI=1S/C8H16N2/c9-7-3-6-1-2-8(10,4-6)5-7/h6-7H,1-5,9-10H2. The van der Waals surface area contributed by atoms with Gasteiger partial charge in [0, 0.05) is 11.6 Å². The zero-order chi connectivity index (χ0) is 7.19. The SMILES string of the molecule is NC1CC2CCC(N)(C1)C2. The molecular formula is C8H16N2. The van der Waals surface area contributed by atoms with E-state index in [2.05, 4.69) is 0 Å². The topological polar surface area (TPSA) is 52.0 Å². The first kappa shape index (κ1) is 6.62. The van der Waals surface area contributed by atoms with Crippen LogP contribution < -0.4 is 11.5 Å². The van der Waals surface area contributed by atoms with E-state index in [0.29, 0.717) is 6.04 Å². The third kappa shape index (κ3) is 0.956. The summed E-state index contributed by atoms with van der Waals surface area (Å²) < 4.78 is 0. The van der Waals surface area contributed by atoms with E-state index in [1.54, 1.807) is 0 Å². The monoisotopic (exact) mass is 140 g/mol. The Bertz CT molecular complexity index is 146. The number of nitrogens with two attached hydrogens (primary N) is 2. The molecule has 0 aromatic rings. The number of hydrogen-bond donors (Lipinski definition) is 2. The summed E-state index contributed by atoms with van der Waals surface area (Å²) in [4.78, 5) is 0. The Hall–Kier alpha value is -0.0800. The van der Waals surface area contributed by atoms with Crippen LogP contribution in [0.3, 0.4) is 0 Å².